The molecule has 1 unspecified atom stereocenters. The van der Waals surface area contributed by atoms with E-state index < -0.39 is 0 Å². The summed E-state index contributed by atoms with van der Waals surface area (Å²) >= 11 is 1.92. The van der Waals surface area contributed by atoms with Crippen LogP contribution in [0.5, 0.6) is 5.75 Å². The number of fused-ring (bicyclic) bond motifs is 1. The molecule has 0 fully saturated rings. The van der Waals surface area contributed by atoms with Crippen LogP contribution in [0.3, 0.4) is 0 Å². The molecule has 3 heteroatoms. The molecule has 0 aliphatic heterocycles. The Bertz CT molecular complexity index is 570. The second kappa shape index (κ2) is 6.31. The average molecular weight is 285 g/mol. The molecular formula is C17H19NOS. The fourth-order valence-corrected chi connectivity index (χ4v) is 3.86. The summed E-state index contributed by atoms with van der Waals surface area (Å²) in [7, 11) is 1.74. The minimum absolute atomic E-state index is 0.631. The van der Waals surface area contributed by atoms with E-state index in [4.69, 9.17) is 4.74 Å². The number of ether oxygens (including phenoxy) is 1. The first-order valence-electron chi connectivity index (χ1n) is 7.06. The Morgan fingerprint density at radius 2 is 2.10 bits per heavy atom. The Labute approximate surface area is 124 Å². The fourth-order valence-electron chi connectivity index (χ4n) is 2.81. The first kappa shape index (κ1) is 13.5. The van der Waals surface area contributed by atoms with Gasteiger partial charge in [-0.25, -0.2) is 0 Å². The number of nitrogens with zero attached hydrogens (tertiary/aromatic N) is 1. The van der Waals surface area contributed by atoms with Crippen molar-refractivity contribution in [2.24, 2.45) is 0 Å². The van der Waals surface area contributed by atoms with Gasteiger partial charge in [0.05, 0.1) is 7.11 Å². The topological polar surface area (TPSA) is 22.1 Å². The highest BCUT2D eigenvalue weighted by molar-refractivity contribution is 7.99. The number of pyridine rings is 1. The van der Waals surface area contributed by atoms with Gasteiger partial charge in [0.1, 0.15) is 5.75 Å². The van der Waals surface area contributed by atoms with Gasteiger partial charge >= 0.3 is 0 Å². The molecule has 0 N–H and O–H groups in total. The fraction of sp³-hybridized carbons (Fsp3) is 0.353. The highest BCUT2D eigenvalue weighted by atomic mass is 32.2. The van der Waals surface area contributed by atoms with Gasteiger partial charge in [-0.05, 0) is 60.6 Å². The summed E-state index contributed by atoms with van der Waals surface area (Å²) in [6, 6.07) is 10.7. The summed E-state index contributed by atoms with van der Waals surface area (Å²) in [5.41, 5.74) is 2.98. The third kappa shape index (κ3) is 2.98. The van der Waals surface area contributed by atoms with Crippen LogP contribution in [0.1, 0.15) is 29.9 Å². The summed E-state index contributed by atoms with van der Waals surface area (Å²) in [5.74, 6) is 2.74. The number of aryl methyl sites for hydroxylation is 1. The van der Waals surface area contributed by atoms with Crippen molar-refractivity contribution in [3.05, 3.63) is 53.9 Å². The van der Waals surface area contributed by atoms with E-state index in [1.807, 2.05) is 24.2 Å². The number of aromatic nitrogens is 1. The quantitative estimate of drug-likeness (QED) is 0.782. The van der Waals surface area contributed by atoms with Crippen LogP contribution < -0.4 is 4.74 Å². The predicted molar refractivity (Wildman–Crippen MR) is 83.6 cm³/mol. The van der Waals surface area contributed by atoms with E-state index in [0.29, 0.717) is 5.92 Å². The molecule has 1 aliphatic carbocycles. The van der Waals surface area contributed by atoms with Crippen molar-refractivity contribution in [1.82, 2.24) is 4.98 Å². The maximum atomic E-state index is 5.38. The van der Waals surface area contributed by atoms with Crippen LogP contribution in [0.15, 0.2) is 47.6 Å². The number of thioether (sulfide) groups is 1. The van der Waals surface area contributed by atoms with Crippen LogP contribution in [-0.4, -0.2) is 17.8 Å². The first-order valence-corrected chi connectivity index (χ1v) is 8.05. The van der Waals surface area contributed by atoms with Crippen LogP contribution in [0.25, 0.3) is 0 Å². The highest BCUT2D eigenvalue weighted by Crippen LogP contribution is 2.37. The Hall–Kier alpha value is -1.48. The van der Waals surface area contributed by atoms with Crippen molar-refractivity contribution >= 4 is 11.8 Å². The molecule has 0 radical (unpaired) electrons. The molecule has 0 spiro atoms. The van der Waals surface area contributed by atoms with Gasteiger partial charge < -0.3 is 4.74 Å². The maximum absolute atomic E-state index is 5.38. The molecule has 1 aromatic heterocycles. The summed E-state index contributed by atoms with van der Waals surface area (Å²) in [4.78, 5) is 5.37. The number of hydrogen-bond donors (Lipinski definition) is 0. The van der Waals surface area contributed by atoms with Crippen molar-refractivity contribution in [2.75, 3.05) is 12.9 Å². The molecule has 104 valence electrons. The van der Waals surface area contributed by atoms with E-state index in [1.165, 1.54) is 35.3 Å². The second-order valence-electron chi connectivity index (χ2n) is 5.15. The Balaban J connectivity index is 1.75. The summed E-state index contributed by atoms with van der Waals surface area (Å²) in [6.07, 6.45) is 7.50. The normalized spacial score (nSPS) is 17.6. The molecule has 1 atom stereocenters. The van der Waals surface area contributed by atoms with Gasteiger partial charge in [0, 0.05) is 23.0 Å². The molecule has 2 aromatic rings. The molecule has 1 aliphatic rings. The molecule has 1 aromatic carbocycles. The summed E-state index contributed by atoms with van der Waals surface area (Å²) < 4.78 is 5.38. The molecule has 0 bridgehead atoms. The van der Waals surface area contributed by atoms with Gasteiger partial charge in [0.2, 0.25) is 0 Å². The van der Waals surface area contributed by atoms with Crippen molar-refractivity contribution < 1.29 is 4.74 Å². The van der Waals surface area contributed by atoms with E-state index in [0.717, 1.165) is 11.5 Å². The van der Waals surface area contributed by atoms with Crippen molar-refractivity contribution in [1.29, 1.82) is 0 Å². The highest BCUT2D eigenvalue weighted by Gasteiger charge is 2.20. The Morgan fingerprint density at radius 3 is 2.90 bits per heavy atom. The van der Waals surface area contributed by atoms with E-state index in [9.17, 15) is 0 Å². The lowest BCUT2D eigenvalue weighted by molar-refractivity contribution is 0.413. The lowest BCUT2D eigenvalue weighted by atomic mass is 9.84. The minimum Gasteiger partial charge on any atom is -0.497 e. The monoisotopic (exact) mass is 285 g/mol. The third-order valence-electron chi connectivity index (χ3n) is 3.89. The lowest BCUT2D eigenvalue weighted by Gasteiger charge is -2.25. The molecule has 0 amide bonds. The molecule has 2 nitrogen and oxygen atoms in total. The molecular weight excluding hydrogens is 266 g/mol. The van der Waals surface area contributed by atoms with Crippen molar-refractivity contribution in [3.8, 4) is 5.75 Å². The number of hydrogen-bond acceptors (Lipinski definition) is 3. The number of rotatable bonds is 4. The molecule has 3 rings (SSSR count). The first-order chi connectivity index (χ1) is 9.86. The average Bonchev–Trinajstić information content (AvgIpc) is 2.53. The van der Waals surface area contributed by atoms with Gasteiger partial charge in [-0.3, -0.25) is 4.98 Å². The van der Waals surface area contributed by atoms with Gasteiger partial charge in [-0.1, -0.05) is 6.07 Å². The van der Waals surface area contributed by atoms with Crippen LogP contribution in [-0.2, 0) is 6.42 Å². The maximum Gasteiger partial charge on any atom is 0.119 e. The van der Waals surface area contributed by atoms with Gasteiger partial charge in [0.25, 0.3) is 0 Å². The molecule has 1 heterocycles. The Kier molecular flexibility index (Phi) is 4.26. The van der Waals surface area contributed by atoms with Gasteiger partial charge in [-0.2, -0.15) is 0 Å². The van der Waals surface area contributed by atoms with Gasteiger partial charge in [-0.15, -0.1) is 11.8 Å². The molecule has 20 heavy (non-hydrogen) atoms. The predicted octanol–water partition coefficient (Wildman–Crippen LogP) is 4.30. The zero-order valence-electron chi connectivity index (χ0n) is 11.7. The standard InChI is InChI=1S/C17H19NOS/c1-19-15-6-5-13-3-2-4-14(17(13)11-15)12-20-16-7-9-18-10-8-16/h5-11,14H,2-4,12H2,1H3. The molecule has 0 saturated carbocycles. The van der Waals surface area contributed by atoms with Crippen LogP contribution in [0.2, 0.25) is 0 Å². The van der Waals surface area contributed by atoms with Crippen LogP contribution in [0.4, 0.5) is 0 Å². The van der Waals surface area contributed by atoms with E-state index in [1.54, 1.807) is 7.11 Å². The zero-order valence-corrected chi connectivity index (χ0v) is 12.5. The van der Waals surface area contributed by atoms with E-state index in [-0.39, 0.29) is 0 Å². The van der Waals surface area contributed by atoms with Crippen LogP contribution in [0, 0.1) is 0 Å². The Morgan fingerprint density at radius 1 is 1.25 bits per heavy atom. The summed E-state index contributed by atoms with van der Waals surface area (Å²) in [5, 5.41) is 0. The van der Waals surface area contributed by atoms with Gasteiger partial charge in [0.15, 0.2) is 0 Å². The number of methoxy groups -OCH3 is 1. The second-order valence-corrected chi connectivity index (χ2v) is 6.24. The minimum atomic E-state index is 0.631. The smallest absolute Gasteiger partial charge is 0.119 e. The van der Waals surface area contributed by atoms with Crippen LogP contribution >= 0.6 is 11.8 Å². The SMILES string of the molecule is COc1ccc2c(c1)C(CSc1ccncc1)CCC2. The largest absolute Gasteiger partial charge is 0.497 e. The third-order valence-corrected chi connectivity index (χ3v) is 5.07. The van der Waals surface area contributed by atoms with E-state index >= 15 is 0 Å². The summed E-state index contributed by atoms with van der Waals surface area (Å²) in [6.45, 7) is 0. The lowest BCUT2D eigenvalue weighted by Crippen LogP contribution is -2.12. The van der Waals surface area contributed by atoms with Crippen molar-refractivity contribution in [3.63, 3.8) is 0 Å². The van der Waals surface area contributed by atoms with E-state index in [2.05, 4.69) is 35.3 Å². The molecule has 0 saturated heterocycles. The van der Waals surface area contributed by atoms with Crippen molar-refractivity contribution in [2.45, 2.75) is 30.1 Å². The number of benzene rings is 1. The zero-order chi connectivity index (χ0) is 13.8.